The maximum atomic E-state index is 13.2. The highest BCUT2D eigenvalue weighted by Crippen LogP contribution is 2.59. The molecule has 2 aromatic rings. The van der Waals surface area contributed by atoms with Gasteiger partial charge >= 0.3 is 5.97 Å². The quantitative estimate of drug-likeness (QED) is 0.616. The van der Waals surface area contributed by atoms with E-state index in [9.17, 15) is 14.7 Å². The molecule has 172 valence electrons. The van der Waals surface area contributed by atoms with Gasteiger partial charge in [-0.25, -0.2) is 4.98 Å². The zero-order chi connectivity index (χ0) is 22.5. The molecule has 4 aliphatic rings. The van der Waals surface area contributed by atoms with Gasteiger partial charge in [0.15, 0.2) is 0 Å². The van der Waals surface area contributed by atoms with E-state index in [1.165, 1.54) is 38.5 Å². The van der Waals surface area contributed by atoms with Gasteiger partial charge in [-0.2, -0.15) is 0 Å². The normalized spacial score (nSPS) is 29.5. The maximum Gasteiger partial charge on any atom is 0.312 e. The fourth-order valence-electron chi connectivity index (χ4n) is 7.15. The van der Waals surface area contributed by atoms with E-state index >= 15 is 0 Å². The van der Waals surface area contributed by atoms with Gasteiger partial charge in [0, 0.05) is 12.7 Å². The summed E-state index contributed by atoms with van der Waals surface area (Å²) in [6.07, 6.45) is 11.1. The van der Waals surface area contributed by atoms with E-state index < -0.39 is 11.9 Å². The van der Waals surface area contributed by atoms with Crippen LogP contribution in [0, 0.1) is 29.1 Å². The number of carboxylic acids is 1. The lowest BCUT2D eigenvalue weighted by atomic mass is 9.49. The van der Waals surface area contributed by atoms with E-state index in [2.05, 4.69) is 24.1 Å². The summed E-state index contributed by atoms with van der Waals surface area (Å²) in [4.78, 5) is 29.7. The second-order valence-corrected chi connectivity index (χ2v) is 11.3. The Morgan fingerprint density at radius 1 is 1.12 bits per heavy atom. The Bertz CT molecular complexity index is 989. The van der Waals surface area contributed by atoms with E-state index in [0.717, 1.165) is 30.7 Å². The summed E-state index contributed by atoms with van der Waals surface area (Å²) in [5, 5.41) is 13.0. The third-order valence-corrected chi connectivity index (χ3v) is 8.22. The maximum absolute atomic E-state index is 13.2. The van der Waals surface area contributed by atoms with Crippen LogP contribution in [-0.4, -0.2) is 32.9 Å². The summed E-state index contributed by atoms with van der Waals surface area (Å²) in [7, 11) is 0. The molecule has 6 nitrogen and oxygen atoms in total. The van der Waals surface area contributed by atoms with Crippen LogP contribution in [0.25, 0.3) is 5.65 Å². The third kappa shape index (κ3) is 4.04. The lowest BCUT2D eigenvalue weighted by Gasteiger charge is -2.56. The number of nitrogens with zero attached hydrogens (tertiary/aromatic N) is 2. The molecule has 6 rings (SSSR count). The average molecular weight is 438 g/mol. The van der Waals surface area contributed by atoms with Gasteiger partial charge in [-0.1, -0.05) is 19.9 Å². The summed E-state index contributed by atoms with van der Waals surface area (Å²) >= 11 is 0. The van der Waals surface area contributed by atoms with Crippen molar-refractivity contribution in [1.29, 1.82) is 0 Å². The molecule has 4 fully saturated rings. The summed E-state index contributed by atoms with van der Waals surface area (Å²) in [5.41, 5.74) is 1.96. The van der Waals surface area contributed by atoms with Gasteiger partial charge in [0.05, 0.1) is 5.69 Å². The van der Waals surface area contributed by atoms with E-state index in [1.54, 1.807) is 16.7 Å². The smallest absolute Gasteiger partial charge is 0.312 e. The highest BCUT2D eigenvalue weighted by Gasteiger charge is 2.50. The van der Waals surface area contributed by atoms with Crippen LogP contribution in [0.5, 0.6) is 0 Å². The molecule has 32 heavy (non-hydrogen) atoms. The molecule has 6 heteroatoms. The molecule has 1 unspecified atom stereocenters. The van der Waals surface area contributed by atoms with Crippen molar-refractivity contribution in [3.05, 3.63) is 35.8 Å². The number of carboxylic acid groups (broad SMARTS) is 1. The van der Waals surface area contributed by atoms with Crippen LogP contribution in [0.1, 0.15) is 87.3 Å². The molecule has 4 bridgehead atoms. The predicted molar refractivity (Wildman–Crippen MR) is 123 cm³/mol. The molecule has 0 aromatic carbocycles. The van der Waals surface area contributed by atoms with E-state index in [4.69, 9.17) is 0 Å². The fraction of sp³-hybridized carbons (Fsp3) is 0.654. The number of fused-ring (bicyclic) bond motifs is 1. The minimum Gasteiger partial charge on any atom is -0.481 e. The van der Waals surface area contributed by atoms with Gasteiger partial charge in [-0.3, -0.25) is 14.0 Å². The lowest BCUT2D eigenvalue weighted by molar-refractivity contribution is -0.139. The number of hydrogen-bond acceptors (Lipinski definition) is 3. The Kier molecular flexibility index (Phi) is 5.50. The second kappa shape index (κ2) is 8.20. The first-order valence-corrected chi connectivity index (χ1v) is 12.3. The highest BCUT2D eigenvalue weighted by molar-refractivity contribution is 5.93. The Morgan fingerprint density at radius 2 is 1.78 bits per heavy atom. The molecule has 1 amide bonds. The van der Waals surface area contributed by atoms with Crippen LogP contribution in [0.2, 0.25) is 0 Å². The number of aromatic nitrogens is 2. The molecule has 0 aliphatic heterocycles. The molecule has 2 aromatic heterocycles. The standard InChI is InChI=1S/C26H35N3O3/c1-16(2)6-7-20(25(31)32)21-14-29-22(4-3-5-23(29)28-21)24(30)27-15-26-11-17-8-18(12-26)10-19(9-17)13-26/h3-5,14,16-20H,6-13,15H2,1-2H3,(H,27,30)(H,31,32). The number of imidazole rings is 1. The first-order valence-electron chi connectivity index (χ1n) is 12.3. The monoisotopic (exact) mass is 437 g/mol. The first kappa shape index (κ1) is 21.5. The van der Waals surface area contributed by atoms with Crippen LogP contribution >= 0.6 is 0 Å². The second-order valence-electron chi connectivity index (χ2n) is 11.3. The number of amides is 1. The number of nitrogens with one attached hydrogen (secondary N) is 1. The SMILES string of the molecule is CC(C)CCC(C(=O)O)c1cn2c(C(=O)NCC34CC5CC(CC(C5)C3)C4)cccc2n1. The average Bonchev–Trinajstić information content (AvgIpc) is 3.14. The lowest BCUT2D eigenvalue weighted by Crippen LogP contribution is -2.51. The van der Waals surface area contributed by atoms with Gasteiger partial charge in [0.1, 0.15) is 17.3 Å². The molecule has 4 aliphatic carbocycles. The Morgan fingerprint density at radius 3 is 2.38 bits per heavy atom. The van der Waals surface area contributed by atoms with Crippen molar-refractivity contribution in [2.24, 2.45) is 29.1 Å². The minimum absolute atomic E-state index is 0.0932. The van der Waals surface area contributed by atoms with Crippen molar-refractivity contribution in [1.82, 2.24) is 14.7 Å². The topological polar surface area (TPSA) is 83.7 Å². The number of rotatable bonds is 8. The van der Waals surface area contributed by atoms with E-state index in [1.807, 2.05) is 12.1 Å². The van der Waals surface area contributed by atoms with Crippen LogP contribution in [0.15, 0.2) is 24.4 Å². The molecular weight excluding hydrogens is 402 g/mol. The number of carbonyl (C=O) groups excluding carboxylic acids is 1. The van der Waals surface area contributed by atoms with Crippen LogP contribution in [0.4, 0.5) is 0 Å². The molecule has 2 N–H and O–H groups in total. The van der Waals surface area contributed by atoms with Crippen molar-refractivity contribution in [2.75, 3.05) is 6.54 Å². The molecule has 1 atom stereocenters. The number of aliphatic carboxylic acids is 1. The fourth-order valence-corrected chi connectivity index (χ4v) is 7.15. The highest BCUT2D eigenvalue weighted by atomic mass is 16.4. The number of carbonyl (C=O) groups is 2. The summed E-state index contributed by atoms with van der Waals surface area (Å²) in [6.45, 7) is 4.93. The largest absolute Gasteiger partial charge is 0.481 e. The van der Waals surface area contributed by atoms with Crippen molar-refractivity contribution >= 4 is 17.5 Å². The Labute approximate surface area is 189 Å². The zero-order valence-electron chi connectivity index (χ0n) is 19.2. The third-order valence-electron chi connectivity index (χ3n) is 8.22. The van der Waals surface area contributed by atoms with Gasteiger partial charge in [0.2, 0.25) is 0 Å². The van der Waals surface area contributed by atoms with Gasteiger partial charge < -0.3 is 10.4 Å². The molecule has 4 saturated carbocycles. The van der Waals surface area contributed by atoms with Gasteiger partial charge in [-0.05, 0) is 92.6 Å². The Balaban J connectivity index is 1.34. The molecule has 0 radical (unpaired) electrons. The Hall–Kier alpha value is -2.37. The van der Waals surface area contributed by atoms with Crippen LogP contribution in [-0.2, 0) is 4.79 Å². The number of pyridine rings is 1. The molecule has 0 spiro atoms. The van der Waals surface area contributed by atoms with Crippen LogP contribution < -0.4 is 5.32 Å². The zero-order valence-corrected chi connectivity index (χ0v) is 19.2. The predicted octanol–water partition coefficient (Wildman–Crippen LogP) is 4.88. The van der Waals surface area contributed by atoms with Gasteiger partial charge in [-0.15, -0.1) is 0 Å². The summed E-state index contributed by atoms with van der Waals surface area (Å²) in [5.74, 6) is 1.40. The van der Waals surface area contributed by atoms with Crippen molar-refractivity contribution in [2.45, 2.75) is 71.1 Å². The molecular formula is C26H35N3O3. The first-order chi connectivity index (χ1) is 15.3. The molecule has 2 heterocycles. The summed E-state index contributed by atoms with van der Waals surface area (Å²) < 4.78 is 1.76. The van der Waals surface area contributed by atoms with E-state index in [-0.39, 0.29) is 11.3 Å². The van der Waals surface area contributed by atoms with Crippen molar-refractivity contribution < 1.29 is 14.7 Å². The van der Waals surface area contributed by atoms with Crippen molar-refractivity contribution in [3.8, 4) is 0 Å². The summed E-state index contributed by atoms with van der Waals surface area (Å²) in [6, 6.07) is 5.47. The van der Waals surface area contributed by atoms with Crippen LogP contribution in [0.3, 0.4) is 0 Å². The van der Waals surface area contributed by atoms with Crippen molar-refractivity contribution in [3.63, 3.8) is 0 Å². The number of hydrogen-bond donors (Lipinski definition) is 2. The molecule has 0 saturated heterocycles. The van der Waals surface area contributed by atoms with Gasteiger partial charge in [0.25, 0.3) is 5.91 Å². The van der Waals surface area contributed by atoms with E-state index in [0.29, 0.717) is 29.4 Å². The minimum atomic E-state index is -0.859.